The molecule has 1 aromatic heterocycles. The first-order valence-electron chi connectivity index (χ1n) is 8.14. The summed E-state index contributed by atoms with van der Waals surface area (Å²) in [6.07, 6.45) is 0. The molecule has 1 amide bonds. The van der Waals surface area contributed by atoms with Crippen molar-refractivity contribution < 1.29 is 4.79 Å². The Labute approximate surface area is 169 Å². The Hall–Kier alpha value is -2.25. The van der Waals surface area contributed by atoms with E-state index in [4.69, 9.17) is 4.98 Å². The van der Waals surface area contributed by atoms with Crippen LogP contribution in [0.15, 0.2) is 66.7 Å². The number of hydrogen-bond donors (Lipinski definition) is 1. The molecular formula is C21H15IN2OS. The van der Waals surface area contributed by atoms with Crippen molar-refractivity contribution in [3.8, 4) is 10.6 Å². The van der Waals surface area contributed by atoms with E-state index in [-0.39, 0.29) is 5.91 Å². The van der Waals surface area contributed by atoms with Crippen LogP contribution in [0, 0.1) is 10.5 Å². The first-order valence-corrected chi connectivity index (χ1v) is 10.0. The van der Waals surface area contributed by atoms with Gasteiger partial charge in [0.25, 0.3) is 5.91 Å². The van der Waals surface area contributed by atoms with Gasteiger partial charge in [-0.3, -0.25) is 4.79 Å². The number of rotatable bonds is 3. The minimum atomic E-state index is -0.117. The van der Waals surface area contributed by atoms with Crippen LogP contribution in [0.4, 0.5) is 5.69 Å². The number of aryl methyl sites for hydroxylation is 1. The molecule has 1 N–H and O–H groups in total. The van der Waals surface area contributed by atoms with Gasteiger partial charge in [-0.15, -0.1) is 11.3 Å². The number of para-hydroxylation sites is 1. The number of nitrogens with one attached hydrogen (secondary N) is 1. The molecule has 0 saturated heterocycles. The Morgan fingerprint density at radius 3 is 2.58 bits per heavy atom. The number of carbonyl (C=O) groups is 1. The van der Waals surface area contributed by atoms with E-state index in [2.05, 4.69) is 40.0 Å². The largest absolute Gasteiger partial charge is 0.321 e. The van der Waals surface area contributed by atoms with Crippen molar-refractivity contribution >= 4 is 55.7 Å². The molecular weight excluding hydrogens is 455 g/mol. The molecule has 0 aliphatic rings. The highest BCUT2D eigenvalue weighted by Crippen LogP contribution is 2.35. The summed E-state index contributed by atoms with van der Waals surface area (Å²) in [5.41, 5.74) is 4.46. The third-order valence-electron chi connectivity index (χ3n) is 4.07. The van der Waals surface area contributed by atoms with Gasteiger partial charge in [-0.05, 0) is 72.0 Å². The van der Waals surface area contributed by atoms with Gasteiger partial charge >= 0.3 is 0 Å². The van der Waals surface area contributed by atoms with Crippen molar-refractivity contribution in [2.24, 2.45) is 0 Å². The molecule has 4 rings (SSSR count). The Morgan fingerprint density at radius 1 is 1.04 bits per heavy atom. The van der Waals surface area contributed by atoms with E-state index in [9.17, 15) is 4.79 Å². The molecule has 0 aliphatic heterocycles. The van der Waals surface area contributed by atoms with Crippen LogP contribution in [0.2, 0.25) is 0 Å². The molecule has 0 spiro atoms. The average molecular weight is 470 g/mol. The Morgan fingerprint density at radius 2 is 1.81 bits per heavy atom. The molecule has 3 nitrogen and oxygen atoms in total. The first-order chi connectivity index (χ1) is 12.6. The molecule has 1 heterocycles. The lowest BCUT2D eigenvalue weighted by Gasteiger charge is -2.10. The van der Waals surface area contributed by atoms with Crippen molar-refractivity contribution in [1.29, 1.82) is 0 Å². The smallest absolute Gasteiger partial charge is 0.255 e. The zero-order valence-electron chi connectivity index (χ0n) is 14.0. The molecule has 0 saturated carbocycles. The summed E-state index contributed by atoms with van der Waals surface area (Å²) >= 11 is 3.91. The molecule has 3 aromatic carbocycles. The lowest BCUT2D eigenvalue weighted by Crippen LogP contribution is -2.12. The number of thiazole rings is 1. The molecule has 0 atom stereocenters. The maximum atomic E-state index is 12.6. The van der Waals surface area contributed by atoms with E-state index in [1.54, 1.807) is 11.3 Å². The maximum absolute atomic E-state index is 12.6. The van der Waals surface area contributed by atoms with E-state index < -0.39 is 0 Å². The summed E-state index contributed by atoms with van der Waals surface area (Å²) in [4.78, 5) is 17.4. The van der Waals surface area contributed by atoms with Crippen molar-refractivity contribution in [2.45, 2.75) is 6.92 Å². The minimum absolute atomic E-state index is 0.117. The zero-order valence-corrected chi connectivity index (χ0v) is 17.0. The molecule has 0 unspecified atom stereocenters. The van der Waals surface area contributed by atoms with Crippen LogP contribution in [0.25, 0.3) is 20.8 Å². The number of anilines is 1. The van der Waals surface area contributed by atoms with Gasteiger partial charge in [-0.2, -0.15) is 0 Å². The van der Waals surface area contributed by atoms with Crippen LogP contribution >= 0.6 is 33.9 Å². The standard InChI is InChI=1S/C21H15IN2OS/c1-13-6-8-14(9-7-13)20(25)23-17-11-10-15(22)12-16(17)21-24-18-4-2-3-5-19(18)26-21/h2-12H,1H3,(H,23,25). The molecule has 5 heteroatoms. The molecule has 0 fully saturated rings. The van der Waals surface area contributed by atoms with Gasteiger partial charge in [0.1, 0.15) is 5.01 Å². The van der Waals surface area contributed by atoms with Crippen LogP contribution in [0.5, 0.6) is 0 Å². The zero-order chi connectivity index (χ0) is 18.1. The quantitative estimate of drug-likeness (QED) is 0.366. The summed E-state index contributed by atoms with van der Waals surface area (Å²) in [6.45, 7) is 2.01. The second-order valence-electron chi connectivity index (χ2n) is 6.00. The van der Waals surface area contributed by atoms with Crippen LogP contribution in [-0.4, -0.2) is 10.9 Å². The van der Waals surface area contributed by atoms with Crippen LogP contribution in [0.3, 0.4) is 0 Å². The summed E-state index contributed by atoms with van der Waals surface area (Å²) in [5.74, 6) is -0.117. The molecule has 26 heavy (non-hydrogen) atoms. The number of benzene rings is 3. The number of amides is 1. The van der Waals surface area contributed by atoms with Crippen LogP contribution in [0.1, 0.15) is 15.9 Å². The fraction of sp³-hybridized carbons (Fsp3) is 0.0476. The first kappa shape index (κ1) is 17.2. The number of aromatic nitrogens is 1. The third kappa shape index (κ3) is 3.50. The highest BCUT2D eigenvalue weighted by molar-refractivity contribution is 14.1. The molecule has 4 aromatic rings. The molecule has 0 radical (unpaired) electrons. The van der Waals surface area contributed by atoms with Gasteiger partial charge in [-0.1, -0.05) is 29.8 Å². The Kier molecular flexibility index (Phi) is 4.74. The summed E-state index contributed by atoms with van der Waals surface area (Å²) < 4.78 is 2.24. The highest BCUT2D eigenvalue weighted by Gasteiger charge is 2.14. The molecule has 0 bridgehead atoms. The maximum Gasteiger partial charge on any atom is 0.255 e. The van der Waals surface area contributed by atoms with E-state index >= 15 is 0 Å². The second kappa shape index (κ2) is 7.17. The van der Waals surface area contributed by atoms with Gasteiger partial charge < -0.3 is 5.32 Å². The molecule has 128 valence electrons. The highest BCUT2D eigenvalue weighted by atomic mass is 127. The minimum Gasteiger partial charge on any atom is -0.321 e. The number of carbonyl (C=O) groups excluding carboxylic acids is 1. The van der Waals surface area contributed by atoms with Gasteiger partial charge in [0.05, 0.1) is 15.9 Å². The van der Waals surface area contributed by atoms with Crippen LogP contribution in [-0.2, 0) is 0 Å². The van der Waals surface area contributed by atoms with Crippen LogP contribution < -0.4 is 5.32 Å². The van der Waals surface area contributed by atoms with E-state index in [1.165, 1.54) is 0 Å². The Bertz CT molecular complexity index is 1070. The predicted octanol–water partition coefficient (Wildman–Crippen LogP) is 6.13. The predicted molar refractivity (Wildman–Crippen MR) is 117 cm³/mol. The lowest BCUT2D eigenvalue weighted by atomic mass is 10.1. The van der Waals surface area contributed by atoms with Crippen molar-refractivity contribution in [3.63, 3.8) is 0 Å². The third-order valence-corrected chi connectivity index (χ3v) is 5.81. The normalized spacial score (nSPS) is 10.8. The summed E-state index contributed by atoms with van der Waals surface area (Å²) in [5, 5.41) is 3.95. The fourth-order valence-corrected chi connectivity index (χ4v) is 4.18. The fourth-order valence-electron chi connectivity index (χ4n) is 2.69. The van der Waals surface area contributed by atoms with Gasteiger partial charge in [-0.25, -0.2) is 4.98 Å². The number of fused-ring (bicyclic) bond motifs is 1. The molecule has 0 aliphatic carbocycles. The second-order valence-corrected chi connectivity index (χ2v) is 8.27. The topological polar surface area (TPSA) is 42.0 Å². The summed E-state index contributed by atoms with van der Waals surface area (Å²) in [6, 6.07) is 21.6. The van der Waals surface area contributed by atoms with Crippen molar-refractivity contribution in [1.82, 2.24) is 4.98 Å². The van der Waals surface area contributed by atoms with Crippen molar-refractivity contribution in [3.05, 3.63) is 81.4 Å². The van der Waals surface area contributed by atoms with E-state index in [1.807, 2.05) is 61.5 Å². The summed E-state index contributed by atoms with van der Waals surface area (Å²) in [7, 11) is 0. The van der Waals surface area contributed by atoms with Gasteiger partial charge in [0.2, 0.25) is 0 Å². The number of hydrogen-bond acceptors (Lipinski definition) is 3. The lowest BCUT2D eigenvalue weighted by molar-refractivity contribution is 0.102. The van der Waals surface area contributed by atoms with Gasteiger partial charge in [0, 0.05) is 14.7 Å². The van der Waals surface area contributed by atoms with E-state index in [0.29, 0.717) is 5.56 Å². The monoisotopic (exact) mass is 470 g/mol. The SMILES string of the molecule is Cc1ccc(C(=O)Nc2ccc(I)cc2-c2nc3ccccc3s2)cc1. The average Bonchev–Trinajstić information content (AvgIpc) is 3.07. The number of halogens is 1. The van der Waals surface area contributed by atoms with Gasteiger partial charge in [0.15, 0.2) is 0 Å². The number of nitrogens with zero attached hydrogens (tertiary/aromatic N) is 1. The Balaban J connectivity index is 1.72. The van der Waals surface area contributed by atoms with Crippen molar-refractivity contribution in [2.75, 3.05) is 5.32 Å². The van der Waals surface area contributed by atoms with E-state index in [0.717, 1.165) is 35.6 Å².